The minimum absolute atomic E-state index is 0.287. The molecular weight excluding hydrogens is 210 g/mol. The summed E-state index contributed by atoms with van der Waals surface area (Å²) in [5.41, 5.74) is 0. The van der Waals surface area contributed by atoms with E-state index in [1.807, 2.05) is 0 Å². The highest BCUT2D eigenvalue weighted by molar-refractivity contribution is 7.12. The molecule has 2 atom stereocenters. The SMILES string of the molecule is COCC(O)CNC(C)c1ccc(C)s1. The van der Waals surface area contributed by atoms with Gasteiger partial charge in [0, 0.05) is 29.5 Å². The van der Waals surface area contributed by atoms with Gasteiger partial charge in [-0.15, -0.1) is 11.3 Å². The van der Waals surface area contributed by atoms with Crippen LogP contribution < -0.4 is 5.32 Å². The number of nitrogens with one attached hydrogen (secondary N) is 1. The lowest BCUT2D eigenvalue weighted by atomic mass is 10.2. The van der Waals surface area contributed by atoms with Crippen LogP contribution in [0.4, 0.5) is 0 Å². The summed E-state index contributed by atoms with van der Waals surface area (Å²) in [4.78, 5) is 2.62. The fraction of sp³-hybridized carbons (Fsp3) is 0.636. The van der Waals surface area contributed by atoms with Crippen LogP contribution in [0.1, 0.15) is 22.7 Å². The van der Waals surface area contributed by atoms with Crippen molar-refractivity contribution in [1.82, 2.24) is 5.32 Å². The van der Waals surface area contributed by atoms with Gasteiger partial charge in [-0.3, -0.25) is 0 Å². The Hall–Kier alpha value is -0.420. The first-order chi connectivity index (χ1) is 7.13. The molecular formula is C11H19NO2S. The van der Waals surface area contributed by atoms with Gasteiger partial charge < -0.3 is 15.2 Å². The van der Waals surface area contributed by atoms with Crippen molar-refractivity contribution in [2.75, 3.05) is 20.3 Å². The molecule has 2 N–H and O–H groups in total. The second kappa shape index (κ2) is 6.23. The van der Waals surface area contributed by atoms with Gasteiger partial charge in [0.15, 0.2) is 0 Å². The van der Waals surface area contributed by atoms with Crippen molar-refractivity contribution < 1.29 is 9.84 Å². The zero-order valence-corrected chi connectivity index (χ0v) is 10.3. The van der Waals surface area contributed by atoms with Crippen LogP contribution >= 0.6 is 11.3 Å². The van der Waals surface area contributed by atoms with Gasteiger partial charge in [-0.25, -0.2) is 0 Å². The summed E-state index contributed by atoms with van der Waals surface area (Å²) in [5, 5.41) is 12.7. The van der Waals surface area contributed by atoms with E-state index in [0.29, 0.717) is 13.2 Å². The molecule has 1 heterocycles. The molecule has 1 rings (SSSR count). The van der Waals surface area contributed by atoms with Crippen molar-refractivity contribution >= 4 is 11.3 Å². The molecule has 0 radical (unpaired) electrons. The van der Waals surface area contributed by atoms with Crippen LogP contribution in [0.5, 0.6) is 0 Å². The van der Waals surface area contributed by atoms with Gasteiger partial charge >= 0.3 is 0 Å². The Balaban J connectivity index is 2.33. The van der Waals surface area contributed by atoms with E-state index in [-0.39, 0.29) is 6.04 Å². The number of hydrogen-bond donors (Lipinski definition) is 2. The molecule has 0 bridgehead atoms. The number of ether oxygens (including phenoxy) is 1. The summed E-state index contributed by atoms with van der Waals surface area (Å²) in [6.45, 7) is 5.14. The Bertz CT molecular complexity index is 288. The lowest BCUT2D eigenvalue weighted by Gasteiger charge is -2.15. The van der Waals surface area contributed by atoms with E-state index in [1.54, 1.807) is 18.4 Å². The molecule has 0 amide bonds. The molecule has 0 aromatic carbocycles. The van der Waals surface area contributed by atoms with Crippen LogP contribution in [0.3, 0.4) is 0 Å². The smallest absolute Gasteiger partial charge is 0.0897 e. The van der Waals surface area contributed by atoms with E-state index in [4.69, 9.17) is 4.74 Å². The molecule has 0 aliphatic heterocycles. The van der Waals surface area contributed by atoms with Crippen molar-refractivity contribution in [1.29, 1.82) is 0 Å². The molecule has 0 saturated heterocycles. The molecule has 0 fully saturated rings. The van der Waals surface area contributed by atoms with Crippen LogP contribution in [0.25, 0.3) is 0 Å². The summed E-state index contributed by atoms with van der Waals surface area (Å²) in [6.07, 6.45) is -0.432. The van der Waals surface area contributed by atoms with Crippen LogP contribution in [-0.4, -0.2) is 31.5 Å². The highest BCUT2D eigenvalue weighted by Crippen LogP contribution is 2.21. The summed E-state index contributed by atoms with van der Waals surface area (Å²) in [6, 6.07) is 4.53. The van der Waals surface area contributed by atoms with Crippen LogP contribution in [0, 0.1) is 6.92 Å². The zero-order valence-electron chi connectivity index (χ0n) is 9.49. The van der Waals surface area contributed by atoms with Gasteiger partial charge in [-0.05, 0) is 26.0 Å². The first-order valence-corrected chi connectivity index (χ1v) is 5.92. The van der Waals surface area contributed by atoms with E-state index in [1.165, 1.54) is 9.75 Å². The average Bonchev–Trinajstić information content (AvgIpc) is 2.62. The highest BCUT2D eigenvalue weighted by Gasteiger charge is 2.09. The largest absolute Gasteiger partial charge is 0.389 e. The van der Waals surface area contributed by atoms with E-state index in [9.17, 15) is 5.11 Å². The third kappa shape index (κ3) is 4.30. The average molecular weight is 229 g/mol. The van der Waals surface area contributed by atoms with Crippen molar-refractivity contribution in [2.45, 2.75) is 26.0 Å². The lowest BCUT2D eigenvalue weighted by molar-refractivity contribution is 0.0631. The van der Waals surface area contributed by atoms with Gasteiger partial charge in [-0.1, -0.05) is 0 Å². The molecule has 0 saturated carbocycles. The highest BCUT2D eigenvalue weighted by atomic mass is 32.1. The van der Waals surface area contributed by atoms with Gasteiger partial charge in [0.25, 0.3) is 0 Å². The van der Waals surface area contributed by atoms with Crippen molar-refractivity contribution in [3.05, 3.63) is 21.9 Å². The topological polar surface area (TPSA) is 41.5 Å². The number of aliphatic hydroxyl groups excluding tert-OH is 1. The minimum Gasteiger partial charge on any atom is -0.389 e. The standard InChI is InChI=1S/C11H19NO2S/c1-8-4-5-11(15-8)9(2)12-6-10(13)7-14-3/h4-5,9-10,12-13H,6-7H2,1-3H3. The predicted molar refractivity (Wildman–Crippen MR) is 63.4 cm³/mol. The number of aliphatic hydroxyl groups is 1. The third-order valence-electron chi connectivity index (χ3n) is 2.21. The maximum Gasteiger partial charge on any atom is 0.0897 e. The van der Waals surface area contributed by atoms with Crippen LogP contribution in [0.2, 0.25) is 0 Å². The number of thiophene rings is 1. The third-order valence-corrected chi connectivity index (χ3v) is 3.39. The summed E-state index contributed by atoms with van der Waals surface area (Å²) >= 11 is 1.79. The quantitative estimate of drug-likeness (QED) is 0.780. The van der Waals surface area contributed by atoms with E-state index in [2.05, 4.69) is 31.3 Å². The number of methoxy groups -OCH3 is 1. The summed E-state index contributed by atoms with van der Waals surface area (Å²) in [5.74, 6) is 0. The molecule has 0 aliphatic rings. The normalized spacial score (nSPS) is 15.2. The lowest BCUT2D eigenvalue weighted by Crippen LogP contribution is -2.31. The van der Waals surface area contributed by atoms with Crippen molar-refractivity contribution in [3.8, 4) is 0 Å². The zero-order chi connectivity index (χ0) is 11.3. The van der Waals surface area contributed by atoms with Gasteiger partial charge in [0.05, 0.1) is 12.7 Å². The fourth-order valence-corrected chi connectivity index (χ4v) is 2.25. The Labute approximate surface area is 95.1 Å². The summed E-state index contributed by atoms with van der Waals surface area (Å²) < 4.78 is 4.86. The Morgan fingerprint density at radius 2 is 2.27 bits per heavy atom. The number of rotatable bonds is 6. The molecule has 0 aliphatic carbocycles. The molecule has 1 aromatic rings. The van der Waals surface area contributed by atoms with Gasteiger partial charge in [-0.2, -0.15) is 0 Å². The Kier molecular flexibility index (Phi) is 5.25. The van der Waals surface area contributed by atoms with Crippen molar-refractivity contribution in [3.63, 3.8) is 0 Å². The molecule has 2 unspecified atom stereocenters. The number of hydrogen-bond acceptors (Lipinski definition) is 4. The van der Waals surface area contributed by atoms with E-state index < -0.39 is 6.10 Å². The Morgan fingerprint density at radius 3 is 2.80 bits per heavy atom. The molecule has 3 nitrogen and oxygen atoms in total. The maximum atomic E-state index is 9.47. The van der Waals surface area contributed by atoms with Gasteiger partial charge in [0.1, 0.15) is 0 Å². The second-order valence-electron chi connectivity index (χ2n) is 3.69. The van der Waals surface area contributed by atoms with E-state index in [0.717, 1.165) is 0 Å². The Morgan fingerprint density at radius 1 is 1.53 bits per heavy atom. The van der Waals surface area contributed by atoms with Crippen LogP contribution in [0.15, 0.2) is 12.1 Å². The fourth-order valence-electron chi connectivity index (χ4n) is 1.35. The van der Waals surface area contributed by atoms with Crippen molar-refractivity contribution in [2.24, 2.45) is 0 Å². The molecule has 86 valence electrons. The van der Waals surface area contributed by atoms with Crippen LogP contribution in [-0.2, 0) is 4.74 Å². The molecule has 15 heavy (non-hydrogen) atoms. The second-order valence-corrected chi connectivity index (χ2v) is 5.01. The number of aryl methyl sites for hydroxylation is 1. The first kappa shape index (κ1) is 12.6. The minimum atomic E-state index is -0.432. The monoisotopic (exact) mass is 229 g/mol. The summed E-state index contributed by atoms with van der Waals surface area (Å²) in [7, 11) is 1.59. The maximum absolute atomic E-state index is 9.47. The van der Waals surface area contributed by atoms with E-state index >= 15 is 0 Å². The predicted octanol–water partition coefficient (Wildman–Crippen LogP) is 1.71. The molecule has 1 aromatic heterocycles. The molecule has 4 heteroatoms. The van der Waals surface area contributed by atoms with Gasteiger partial charge in [0.2, 0.25) is 0 Å². The molecule has 0 spiro atoms. The first-order valence-electron chi connectivity index (χ1n) is 5.10.